The predicted molar refractivity (Wildman–Crippen MR) is 129 cm³/mol. The van der Waals surface area contributed by atoms with Gasteiger partial charge < -0.3 is 9.84 Å². The van der Waals surface area contributed by atoms with Crippen LogP contribution < -0.4 is 10.0 Å². The topological polar surface area (TPSA) is 127 Å². The summed E-state index contributed by atoms with van der Waals surface area (Å²) in [7, 11) is -4.00. The summed E-state index contributed by atoms with van der Waals surface area (Å²) in [6.45, 7) is 5.17. The Morgan fingerprint density at radius 1 is 1.15 bits per heavy atom. The summed E-state index contributed by atoms with van der Waals surface area (Å²) in [5, 5.41) is 7.11. The molecule has 2 aromatic heterocycles. The molecule has 2 heterocycles. The zero-order valence-electron chi connectivity index (χ0n) is 18.8. The molecule has 2 N–H and O–H groups in total. The van der Waals surface area contributed by atoms with Crippen molar-refractivity contribution in [3.05, 3.63) is 53.4 Å². The summed E-state index contributed by atoms with van der Waals surface area (Å²) < 4.78 is 35.0. The van der Waals surface area contributed by atoms with Gasteiger partial charge in [0.2, 0.25) is 27.6 Å². The number of anilines is 1. The van der Waals surface area contributed by atoms with E-state index in [2.05, 4.69) is 25.2 Å². The highest BCUT2D eigenvalue weighted by molar-refractivity contribution is 7.89. The molecular formula is C23H23N5O4S2. The van der Waals surface area contributed by atoms with Crippen molar-refractivity contribution in [3.8, 4) is 11.4 Å². The molecule has 1 atom stereocenters. The van der Waals surface area contributed by atoms with Crippen LogP contribution in [0.1, 0.15) is 42.7 Å². The normalized spacial score (nSPS) is 14.9. The maximum atomic E-state index is 13.1. The quantitative estimate of drug-likeness (QED) is 0.393. The predicted octanol–water partition coefficient (Wildman–Crippen LogP) is 4.15. The molecule has 1 fully saturated rings. The lowest BCUT2D eigenvalue weighted by Crippen LogP contribution is -2.41. The van der Waals surface area contributed by atoms with Gasteiger partial charge >= 0.3 is 0 Å². The van der Waals surface area contributed by atoms with E-state index in [-0.39, 0.29) is 4.90 Å². The monoisotopic (exact) mass is 497 g/mol. The number of aryl methyl sites for hydroxylation is 2. The summed E-state index contributed by atoms with van der Waals surface area (Å²) in [5.41, 5.74) is 2.94. The number of benzene rings is 2. The highest BCUT2D eigenvalue weighted by atomic mass is 32.2. The molecule has 0 bridgehead atoms. The molecule has 1 aliphatic carbocycles. The number of sulfonamides is 1. The number of rotatable bonds is 7. The minimum Gasteiger partial charge on any atom is -0.339 e. The molecule has 0 saturated heterocycles. The minimum absolute atomic E-state index is 0.0536. The van der Waals surface area contributed by atoms with Gasteiger partial charge in [0.25, 0.3) is 0 Å². The third-order valence-electron chi connectivity index (χ3n) is 5.60. The van der Waals surface area contributed by atoms with Crippen molar-refractivity contribution in [2.24, 2.45) is 0 Å². The molecule has 34 heavy (non-hydrogen) atoms. The summed E-state index contributed by atoms with van der Waals surface area (Å²) in [6, 6.07) is 9.74. The lowest BCUT2D eigenvalue weighted by atomic mass is 10.1. The Morgan fingerprint density at radius 2 is 1.94 bits per heavy atom. The first-order valence-corrected chi connectivity index (χ1v) is 13.1. The fraction of sp³-hybridized carbons (Fsp3) is 0.304. The Hall–Kier alpha value is -3.15. The van der Waals surface area contributed by atoms with E-state index in [0.717, 1.165) is 28.6 Å². The van der Waals surface area contributed by atoms with Crippen molar-refractivity contribution >= 4 is 42.6 Å². The molecule has 0 radical (unpaired) electrons. The Morgan fingerprint density at radius 3 is 2.71 bits per heavy atom. The van der Waals surface area contributed by atoms with Crippen LogP contribution in [0.3, 0.4) is 0 Å². The van der Waals surface area contributed by atoms with Crippen LogP contribution in [0.5, 0.6) is 0 Å². The Bertz CT molecular complexity index is 1500. The number of carbonyl (C=O) groups excluding carboxylic acids is 1. The third-order valence-corrected chi connectivity index (χ3v) is 8.22. The average Bonchev–Trinajstić information content (AvgIpc) is 3.38. The van der Waals surface area contributed by atoms with Crippen LogP contribution in [0, 0.1) is 13.8 Å². The number of fused-ring (bicyclic) bond motifs is 1. The first kappa shape index (κ1) is 22.6. The van der Waals surface area contributed by atoms with Crippen LogP contribution in [0.15, 0.2) is 45.8 Å². The van der Waals surface area contributed by atoms with E-state index in [4.69, 9.17) is 4.52 Å². The number of aromatic nitrogens is 3. The highest BCUT2D eigenvalue weighted by Gasteiger charge is 2.30. The molecule has 1 saturated carbocycles. The lowest BCUT2D eigenvalue weighted by molar-refractivity contribution is -0.117. The van der Waals surface area contributed by atoms with E-state index in [1.165, 1.54) is 24.3 Å². The summed E-state index contributed by atoms with van der Waals surface area (Å²) in [5.74, 6) is 0.722. The minimum atomic E-state index is -4.00. The van der Waals surface area contributed by atoms with Crippen LogP contribution in [0.2, 0.25) is 0 Å². The van der Waals surface area contributed by atoms with E-state index in [1.807, 2.05) is 25.1 Å². The van der Waals surface area contributed by atoms with Crippen molar-refractivity contribution in [3.63, 3.8) is 0 Å². The van der Waals surface area contributed by atoms with Gasteiger partial charge in [-0.1, -0.05) is 34.7 Å². The second-order valence-electron chi connectivity index (χ2n) is 8.53. The average molecular weight is 498 g/mol. The molecule has 0 spiro atoms. The smallest absolute Gasteiger partial charge is 0.244 e. The van der Waals surface area contributed by atoms with Crippen molar-refractivity contribution < 1.29 is 17.7 Å². The van der Waals surface area contributed by atoms with Gasteiger partial charge in [-0.3, -0.25) is 4.79 Å². The van der Waals surface area contributed by atoms with Gasteiger partial charge in [0.05, 0.1) is 21.2 Å². The summed E-state index contributed by atoms with van der Waals surface area (Å²) >= 11 is 1.34. The number of carbonyl (C=O) groups is 1. The highest BCUT2D eigenvalue weighted by Crippen LogP contribution is 2.39. The number of thiazole rings is 1. The molecule has 1 aliphatic rings. The van der Waals surface area contributed by atoms with Crippen molar-refractivity contribution in [1.29, 1.82) is 0 Å². The fourth-order valence-corrected chi connectivity index (χ4v) is 5.97. The van der Waals surface area contributed by atoms with Crippen LogP contribution >= 0.6 is 11.3 Å². The van der Waals surface area contributed by atoms with Crippen molar-refractivity contribution in [2.75, 3.05) is 5.32 Å². The standard InChI is InChI=1S/C23H23N5O4S2/c1-12-4-9-17-18(10-12)33-23(24-17)26-21(29)14(3)28-34(30,31)19-11-16(6-5-13(19)2)20-25-22(32-27-20)15-7-8-15/h4-6,9-11,14-15,28H,7-8H2,1-3H3,(H,24,26,29)/t14-/m0/s1. The van der Waals surface area contributed by atoms with Gasteiger partial charge in [0.15, 0.2) is 5.13 Å². The molecule has 0 aliphatic heterocycles. The third kappa shape index (κ3) is 4.59. The van der Waals surface area contributed by atoms with E-state index in [9.17, 15) is 13.2 Å². The zero-order valence-corrected chi connectivity index (χ0v) is 20.5. The molecule has 0 unspecified atom stereocenters. The second kappa shape index (κ2) is 8.57. The number of hydrogen-bond acceptors (Lipinski definition) is 8. The second-order valence-corrected chi connectivity index (χ2v) is 11.2. The largest absolute Gasteiger partial charge is 0.339 e. The molecular weight excluding hydrogens is 474 g/mol. The van der Waals surface area contributed by atoms with Crippen molar-refractivity contribution in [2.45, 2.75) is 50.5 Å². The van der Waals surface area contributed by atoms with E-state index in [0.29, 0.717) is 33.9 Å². The number of nitrogens with one attached hydrogen (secondary N) is 2. The fourth-order valence-electron chi connectivity index (χ4n) is 3.53. The maximum absolute atomic E-state index is 13.1. The van der Waals surface area contributed by atoms with Crippen LogP contribution in [-0.4, -0.2) is 35.5 Å². The Labute approximate surface area is 200 Å². The van der Waals surface area contributed by atoms with Gasteiger partial charge in [-0.15, -0.1) is 0 Å². The Balaban J connectivity index is 1.32. The number of nitrogens with zero attached hydrogens (tertiary/aromatic N) is 3. The molecule has 1 amide bonds. The summed E-state index contributed by atoms with van der Waals surface area (Å²) in [4.78, 5) is 21.5. The maximum Gasteiger partial charge on any atom is 0.244 e. The molecule has 5 rings (SSSR count). The molecule has 9 nitrogen and oxygen atoms in total. The SMILES string of the molecule is Cc1ccc2nc(NC(=O)[C@H](C)NS(=O)(=O)c3cc(-c4noc(C5CC5)n4)ccc3C)sc2c1. The Kier molecular flexibility index (Phi) is 5.70. The van der Waals surface area contributed by atoms with Crippen LogP contribution in [0.4, 0.5) is 5.13 Å². The lowest BCUT2D eigenvalue weighted by Gasteiger charge is -2.15. The number of hydrogen-bond donors (Lipinski definition) is 2. The van der Waals surface area contributed by atoms with E-state index in [1.54, 1.807) is 19.1 Å². The molecule has 176 valence electrons. The van der Waals surface area contributed by atoms with Crippen LogP contribution in [-0.2, 0) is 14.8 Å². The van der Waals surface area contributed by atoms with Crippen LogP contribution in [0.25, 0.3) is 21.6 Å². The van der Waals surface area contributed by atoms with Gasteiger partial charge in [-0.2, -0.15) is 9.71 Å². The molecule has 2 aromatic carbocycles. The number of amides is 1. The van der Waals surface area contributed by atoms with E-state index >= 15 is 0 Å². The van der Waals surface area contributed by atoms with Crippen molar-refractivity contribution in [1.82, 2.24) is 19.8 Å². The van der Waals surface area contributed by atoms with Gasteiger partial charge in [0.1, 0.15) is 0 Å². The van der Waals surface area contributed by atoms with Gasteiger partial charge in [-0.25, -0.2) is 13.4 Å². The zero-order chi connectivity index (χ0) is 24.0. The summed E-state index contributed by atoms with van der Waals surface area (Å²) in [6.07, 6.45) is 2.05. The van der Waals surface area contributed by atoms with Gasteiger partial charge in [-0.05, 0) is 62.9 Å². The molecule has 11 heteroatoms. The van der Waals surface area contributed by atoms with Gasteiger partial charge in [0, 0.05) is 11.5 Å². The molecule has 4 aromatic rings. The van der Waals surface area contributed by atoms with E-state index < -0.39 is 22.0 Å². The first-order valence-electron chi connectivity index (χ1n) is 10.8. The first-order chi connectivity index (χ1) is 16.2.